The first kappa shape index (κ1) is 34.7. The minimum Gasteiger partial charge on any atom is -0.496 e. The van der Waals surface area contributed by atoms with Gasteiger partial charge in [-0.25, -0.2) is 14.6 Å². The summed E-state index contributed by atoms with van der Waals surface area (Å²) in [4.78, 5) is 46.8. The van der Waals surface area contributed by atoms with E-state index in [0.717, 1.165) is 16.2 Å². The van der Waals surface area contributed by atoms with Gasteiger partial charge in [0, 0.05) is 29.1 Å². The van der Waals surface area contributed by atoms with Crippen molar-refractivity contribution in [2.24, 2.45) is 5.92 Å². The van der Waals surface area contributed by atoms with Gasteiger partial charge in [-0.05, 0) is 36.6 Å². The Labute approximate surface area is 281 Å². The molecule has 3 amide bonds. The summed E-state index contributed by atoms with van der Waals surface area (Å²) in [5.74, 6) is -0.249. The fourth-order valence-corrected chi connectivity index (χ4v) is 6.55. The fraction of sp³-hybridized carbons (Fsp3) is 0.387. The molecular formula is C31H35ClN4O8S2. The van der Waals surface area contributed by atoms with E-state index < -0.39 is 29.9 Å². The van der Waals surface area contributed by atoms with Crippen LogP contribution in [0.25, 0.3) is 0 Å². The number of thiocarbonyl (C=S) groups is 1. The van der Waals surface area contributed by atoms with Crippen LogP contribution in [0.2, 0.25) is 5.02 Å². The normalized spacial score (nSPS) is 15.7. The number of nitrogens with one attached hydrogen (secondary N) is 1. The van der Waals surface area contributed by atoms with E-state index in [-0.39, 0.29) is 31.7 Å². The summed E-state index contributed by atoms with van der Waals surface area (Å²) < 4.78 is 22.2. The number of carbonyl (C=O) groups excluding carboxylic acids is 2. The highest BCUT2D eigenvalue weighted by Gasteiger charge is 2.38. The minimum atomic E-state index is -1.17. The van der Waals surface area contributed by atoms with Crippen LogP contribution in [0, 0.1) is 5.92 Å². The van der Waals surface area contributed by atoms with Crippen LogP contribution in [-0.4, -0.2) is 84.3 Å². The highest BCUT2D eigenvalue weighted by atomic mass is 35.5. The summed E-state index contributed by atoms with van der Waals surface area (Å²) in [7, 11) is 6.15. The summed E-state index contributed by atoms with van der Waals surface area (Å²) >= 11 is 13.3. The van der Waals surface area contributed by atoms with Gasteiger partial charge in [0.1, 0.15) is 28.0 Å². The molecule has 2 N–H and O–H groups in total. The number of amides is 3. The van der Waals surface area contributed by atoms with Crippen LogP contribution in [0.15, 0.2) is 35.7 Å². The average molecular weight is 691 g/mol. The van der Waals surface area contributed by atoms with Crippen molar-refractivity contribution in [2.75, 3.05) is 41.5 Å². The number of carbonyl (C=O) groups is 3. The summed E-state index contributed by atoms with van der Waals surface area (Å²) in [6.07, 6.45) is 0.616. The monoisotopic (exact) mass is 690 g/mol. The maximum Gasteiger partial charge on any atom is 0.355 e. The predicted octanol–water partition coefficient (Wildman–Crippen LogP) is 5.22. The second-order valence-corrected chi connectivity index (χ2v) is 12.2. The number of urea groups is 1. The summed E-state index contributed by atoms with van der Waals surface area (Å²) in [6, 6.07) is 7.33. The van der Waals surface area contributed by atoms with E-state index >= 15 is 0 Å². The molecule has 2 heterocycles. The van der Waals surface area contributed by atoms with Gasteiger partial charge in [-0.15, -0.1) is 11.3 Å². The first-order valence-corrected chi connectivity index (χ1v) is 15.9. The van der Waals surface area contributed by atoms with Crippen molar-refractivity contribution in [2.45, 2.75) is 32.4 Å². The molecule has 2 atom stereocenters. The number of aromatic nitrogens is 1. The van der Waals surface area contributed by atoms with E-state index in [0.29, 0.717) is 55.6 Å². The lowest BCUT2D eigenvalue weighted by molar-refractivity contribution is -0.131. The third kappa shape index (κ3) is 7.80. The SMILES string of the molecule is CC[C@@H](NC(=O)N1CC(=S)N(Cc2c(OC)cc(OC)cc2OC)C[C@@H](Cc2cc(Cl)ccc2OC)C1=O)c1nc(C(=O)O)cs1. The molecule has 0 unspecified atom stereocenters. The van der Waals surface area contributed by atoms with Crippen LogP contribution >= 0.6 is 35.2 Å². The van der Waals surface area contributed by atoms with E-state index in [2.05, 4.69) is 10.3 Å². The second-order valence-electron chi connectivity index (χ2n) is 10.4. The molecule has 0 radical (unpaired) electrons. The summed E-state index contributed by atoms with van der Waals surface area (Å²) in [6.45, 7) is 2.04. The van der Waals surface area contributed by atoms with Crippen molar-refractivity contribution >= 4 is 58.1 Å². The van der Waals surface area contributed by atoms with Gasteiger partial charge in [0.2, 0.25) is 5.91 Å². The van der Waals surface area contributed by atoms with Gasteiger partial charge in [0.05, 0.1) is 64.0 Å². The quantitative estimate of drug-likeness (QED) is 0.242. The van der Waals surface area contributed by atoms with Crippen molar-refractivity contribution in [3.8, 4) is 23.0 Å². The number of carboxylic acid groups (broad SMARTS) is 1. The Morgan fingerprint density at radius 1 is 1.11 bits per heavy atom. The Morgan fingerprint density at radius 2 is 1.78 bits per heavy atom. The minimum absolute atomic E-state index is 0.115. The van der Waals surface area contributed by atoms with Gasteiger partial charge in [-0.1, -0.05) is 30.7 Å². The fourth-order valence-electron chi connectivity index (χ4n) is 5.16. The molecule has 1 fully saturated rings. The number of carboxylic acids is 1. The van der Waals surface area contributed by atoms with Crippen LogP contribution in [-0.2, 0) is 17.8 Å². The standard InChI is InChI=1S/C31H35ClN4O8S2/c1-6-22(28-33-23(16-46-28)30(38)39)34-31(40)36-15-27(45)35(14-21-25(43-4)11-20(41-2)12-26(21)44-5)13-18(29(36)37)9-17-10-19(32)7-8-24(17)42-3/h7-8,10-12,16,18,22H,6,9,13-15H2,1-5H3,(H,34,40)(H,38,39)/t18-,22-/m1/s1. The molecular weight excluding hydrogens is 656 g/mol. The van der Waals surface area contributed by atoms with Crippen molar-refractivity contribution in [3.05, 3.63) is 62.6 Å². The van der Waals surface area contributed by atoms with E-state index in [1.54, 1.807) is 37.4 Å². The number of imide groups is 1. The molecule has 0 bridgehead atoms. The van der Waals surface area contributed by atoms with E-state index in [4.69, 9.17) is 42.8 Å². The maximum atomic E-state index is 14.2. The van der Waals surface area contributed by atoms with Gasteiger partial charge in [0.25, 0.3) is 0 Å². The number of nitrogens with zero attached hydrogens (tertiary/aromatic N) is 3. The number of benzene rings is 2. The van der Waals surface area contributed by atoms with E-state index in [1.807, 2.05) is 11.8 Å². The zero-order valence-electron chi connectivity index (χ0n) is 26.0. The molecule has 46 heavy (non-hydrogen) atoms. The van der Waals surface area contributed by atoms with Crippen molar-refractivity contribution in [3.63, 3.8) is 0 Å². The Balaban J connectivity index is 1.70. The molecule has 15 heteroatoms. The average Bonchev–Trinajstić information content (AvgIpc) is 3.51. The number of hydrogen-bond donors (Lipinski definition) is 2. The van der Waals surface area contributed by atoms with Crippen LogP contribution < -0.4 is 24.3 Å². The number of methoxy groups -OCH3 is 4. The lowest BCUT2D eigenvalue weighted by atomic mass is 9.96. The van der Waals surface area contributed by atoms with Crippen molar-refractivity contribution < 1.29 is 38.4 Å². The lowest BCUT2D eigenvalue weighted by Gasteiger charge is -2.27. The van der Waals surface area contributed by atoms with Crippen LogP contribution in [0.5, 0.6) is 23.0 Å². The molecule has 1 saturated heterocycles. The lowest BCUT2D eigenvalue weighted by Crippen LogP contribution is -2.48. The summed E-state index contributed by atoms with van der Waals surface area (Å²) in [5, 5.41) is 14.5. The maximum absolute atomic E-state index is 14.2. The molecule has 1 aliphatic heterocycles. The number of aromatic carboxylic acids is 1. The van der Waals surface area contributed by atoms with Gasteiger partial charge in [0.15, 0.2) is 5.69 Å². The Hall–Kier alpha value is -4.14. The van der Waals surface area contributed by atoms with Crippen LogP contribution in [0.3, 0.4) is 0 Å². The van der Waals surface area contributed by atoms with Crippen LogP contribution in [0.1, 0.15) is 46.0 Å². The summed E-state index contributed by atoms with van der Waals surface area (Å²) in [5.41, 5.74) is 1.26. The molecule has 0 spiro atoms. The first-order valence-electron chi connectivity index (χ1n) is 14.2. The molecule has 246 valence electrons. The predicted molar refractivity (Wildman–Crippen MR) is 177 cm³/mol. The number of ether oxygens (including phenoxy) is 4. The molecule has 0 aliphatic carbocycles. The van der Waals surface area contributed by atoms with Gasteiger partial charge >= 0.3 is 12.0 Å². The molecule has 0 saturated carbocycles. The Morgan fingerprint density at radius 3 is 2.35 bits per heavy atom. The molecule has 4 rings (SSSR count). The highest BCUT2D eigenvalue weighted by molar-refractivity contribution is 7.80. The van der Waals surface area contributed by atoms with Crippen LogP contribution in [0.4, 0.5) is 4.79 Å². The second kappa shape index (κ2) is 15.4. The van der Waals surface area contributed by atoms with E-state index in [1.165, 1.54) is 26.7 Å². The molecule has 2 aromatic carbocycles. The van der Waals surface area contributed by atoms with Gasteiger partial charge in [-0.3, -0.25) is 9.69 Å². The van der Waals surface area contributed by atoms with Crippen molar-refractivity contribution in [1.82, 2.24) is 20.1 Å². The first-order chi connectivity index (χ1) is 22.0. The molecule has 1 aliphatic rings. The Bertz CT molecular complexity index is 1590. The number of halogens is 1. The third-order valence-electron chi connectivity index (χ3n) is 7.57. The number of thiazole rings is 1. The highest BCUT2D eigenvalue weighted by Crippen LogP contribution is 2.36. The van der Waals surface area contributed by atoms with Crippen molar-refractivity contribution in [1.29, 1.82) is 0 Å². The zero-order chi connectivity index (χ0) is 33.5. The topological polar surface area (TPSA) is 140 Å². The molecule has 3 aromatic rings. The third-order valence-corrected chi connectivity index (χ3v) is 9.15. The zero-order valence-corrected chi connectivity index (χ0v) is 28.4. The molecule has 12 nitrogen and oxygen atoms in total. The smallest absolute Gasteiger partial charge is 0.355 e. The Kier molecular flexibility index (Phi) is 11.7. The largest absolute Gasteiger partial charge is 0.496 e. The van der Waals surface area contributed by atoms with Gasteiger partial charge in [-0.2, -0.15) is 0 Å². The van der Waals surface area contributed by atoms with E-state index in [9.17, 15) is 19.5 Å². The number of rotatable bonds is 12. The molecule has 1 aromatic heterocycles. The van der Waals surface area contributed by atoms with Gasteiger partial charge < -0.3 is 34.3 Å². The number of hydrogen-bond acceptors (Lipinski definition) is 10.